The number of halogens is 2. The number of nitrogen functional groups attached to an aromatic ring is 1. The summed E-state index contributed by atoms with van der Waals surface area (Å²) in [4.78, 5) is 21.2. The number of anilines is 4. The molecule has 0 spiro atoms. The maximum absolute atomic E-state index is 13.1. The van der Waals surface area contributed by atoms with Gasteiger partial charge in [0.05, 0.1) is 18.8 Å². The number of aromatic nitrogens is 6. The molecule has 2 aliphatic heterocycles. The first-order valence-corrected chi connectivity index (χ1v) is 11.5. The van der Waals surface area contributed by atoms with Crippen molar-refractivity contribution in [2.45, 2.75) is 12.0 Å². The van der Waals surface area contributed by atoms with Crippen LogP contribution >= 0.6 is 0 Å². The van der Waals surface area contributed by atoms with Crippen LogP contribution in [-0.4, -0.2) is 72.8 Å². The number of benzene rings is 1. The summed E-state index contributed by atoms with van der Waals surface area (Å²) in [6.07, 6.45) is 3.37. The summed E-state index contributed by atoms with van der Waals surface area (Å²) in [5.41, 5.74) is 9.00. The zero-order chi connectivity index (χ0) is 24.9. The molecular weight excluding hydrogens is 466 g/mol. The van der Waals surface area contributed by atoms with E-state index in [1.165, 1.54) is 0 Å². The number of likely N-dealkylation sites (tertiary alicyclic amines) is 1. The van der Waals surface area contributed by atoms with Crippen LogP contribution in [0.15, 0.2) is 54.9 Å². The minimum absolute atomic E-state index is 0.138. The van der Waals surface area contributed by atoms with E-state index in [0.29, 0.717) is 24.9 Å². The van der Waals surface area contributed by atoms with E-state index >= 15 is 0 Å². The lowest BCUT2D eigenvalue weighted by atomic mass is 10.0. The summed E-state index contributed by atoms with van der Waals surface area (Å²) in [6.45, 7) is 1.14. The number of nitrogens with two attached hydrogens (primary N) is 1. The average molecular weight is 491 g/mol. The lowest BCUT2D eigenvalue weighted by Gasteiger charge is -2.51. The van der Waals surface area contributed by atoms with Crippen LogP contribution in [-0.2, 0) is 7.05 Å². The molecule has 12 heteroatoms. The van der Waals surface area contributed by atoms with E-state index in [4.69, 9.17) is 5.73 Å². The molecule has 0 amide bonds. The highest BCUT2D eigenvalue weighted by atomic mass is 19.3. The SMILES string of the molecule is Cn1nc(-c2ccc(N3CC(N4CC(F)(F)C4)C3)nc2)nc1Nc1ccc(-c2ccnc(N)n2)cc1. The van der Waals surface area contributed by atoms with Gasteiger partial charge in [0.15, 0.2) is 5.82 Å². The van der Waals surface area contributed by atoms with Gasteiger partial charge in [-0.15, -0.1) is 5.10 Å². The van der Waals surface area contributed by atoms with E-state index in [-0.39, 0.29) is 25.1 Å². The molecule has 1 aromatic carbocycles. The highest BCUT2D eigenvalue weighted by Gasteiger charge is 2.49. The Morgan fingerprint density at radius 2 is 1.72 bits per heavy atom. The minimum atomic E-state index is -2.53. The summed E-state index contributed by atoms with van der Waals surface area (Å²) >= 11 is 0. The third-order valence-corrected chi connectivity index (χ3v) is 6.45. The third-order valence-electron chi connectivity index (χ3n) is 6.45. The normalized spacial score (nSPS) is 17.5. The van der Waals surface area contributed by atoms with Crippen molar-refractivity contribution in [1.82, 2.24) is 34.6 Å². The fourth-order valence-electron chi connectivity index (χ4n) is 4.39. The standard InChI is InChI=1S/C24H24F2N10/c1-34-23(30-17-5-2-15(3-6-17)19-8-9-28-22(27)31-19)32-21(33-34)16-4-7-20(29-10-16)35-11-18(12-35)36-13-24(25,26)14-36/h2-10,18H,11-14H2,1H3,(H2,27,28,31)(H,30,32,33). The maximum Gasteiger partial charge on any atom is 0.272 e. The van der Waals surface area contributed by atoms with Crippen LogP contribution < -0.4 is 16.0 Å². The molecule has 2 saturated heterocycles. The monoisotopic (exact) mass is 490 g/mol. The molecule has 4 aromatic rings. The van der Waals surface area contributed by atoms with Crippen LogP contribution in [0.3, 0.4) is 0 Å². The second-order valence-electron chi connectivity index (χ2n) is 9.11. The van der Waals surface area contributed by atoms with Crippen molar-refractivity contribution in [3.8, 4) is 22.6 Å². The lowest BCUT2D eigenvalue weighted by molar-refractivity contribution is -0.148. The van der Waals surface area contributed by atoms with Gasteiger partial charge in [-0.1, -0.05) is 12.1 Å². The second-order valence-corrected chi connectivity index (χ2v) is 9.11. The molecule has 0 bridgehead atoms. The van der Waals surface area contributed by atoms with Crippen LogP contribution in [0.4, 0.5) is 32.2 Å². The van der Waals surface area contributed by atoms with Crippen LogP contribution in [0.25, 0.3) is 22.6 Å². The molecule has 0 atom stereocenters. The van der Waals surface area contributed by atoms with Crippen LogP contribution in [0.5, 0.6) is 0 Å². The lowest BCUT2D eigenvalue weighted by Crippen LogP contribution is -2.69. The first kappa shape index (κ1) is 22.3. The molecule has 2 aliphatic rings. The van der Waals surface area contributed by atoms with Crippen molar-refractivity contribution < 1.29 is 8.78 Å². The molecule has 0 saturated carbocycles. The van der Waals surface area contributed by atoms with Gasteiger partial charge in [-0.05, 0) is 30.3 Å². The quantitative estimate of drug-likeness (QED) is 0.421. The Hall–Kier alpha value is -4.19. The van der Waals surface area contributed by atoms with Crippen molar-refractivity contribution in [1.29, 1.82) is 0 Å². The topological polar surface area (TPSA) is 114 Å². The molecule has 36 heavy (non-hydrogen) atoms. The third kappa shape index (κ3) is 4.31. The highest BCUT2D eigenvalue weighted by molar-refractivity contribution is 5.66. The summed E-state index contributed by atoms with van der Waals surface area (Å²) in [5.74, 6) is -0.333. The number of nitrogens with one attached hydrogen (secondary N) is 1. The zero-order valence-corrected chi connectivity index (χ0v) is 19.5. The van der Waals surface area contributed by atoms with Gasteiger partial charge in [-0.2, -0.15) is 4.98 Å². The molecule has 10 nitrogen and oxygen atoms in total. The van der Waals surface area contributed by atoms with Crippen LogP contribution in [0.2, 0.25) is 0 Å². The Balaban J connectivity index is 1.09. The predicted octanol–water partition coefficient (Wildman–Crippen LogP) is 2.80. The average Bonchev–Trinajstić information content (AvgIpc) is 3.18. The Bertz CT molecular complexity index is 1370. The summed E-state index contributed by atoms with van der Waals surface area (Å²) in [6, 6.07) is 13.6. The molecular formula is C24H24F2N10. The van der Waals surface area contributed by atoms with Crippen LogP contribution in [0, 0.1) is 0 Å². The van der Waals surface area contributed by atoms with Gasteiger partial charge < -0.3 is 16.0 Å². The number of hydrogen-bond acceptors (Lipinski definition) is 9. The molecule has 0 radical (unpaired) electrons. The second kappa shape index (κ2) is 8.48. The molecule has 5 heterocycles. The number of pyridine rings is 1. The van der Waals surface area contributed by atoms with Gasteiger partial charge in [0.1, 0.15) is 5.82 Å². The van der Waals surface area contributed by atoms with E-state index < -0.39 is 5.92 Å². The number of aryl methyl sites for hydroxylation is 1. The van der Waals surface area contributed by atoms with Crippen molar-refractivity contribution in [3.05, 3.63) is 54.9 Å². The first-order valence-electron chi connectivity index (χ1n) is 11.5. The zero-order valence-electron chi connectivity index (χ0n) is 19.5. The number of hydrogen-bond donors (Lipinski definition) is 2. The number of nitrogens with zero attached hydrogens (tertiary/aromatic N) is 8. The van der Waals surface area contributed by atoms with Crippen molar-refractivity contribution >= 4 is 23.4 Å². The number of rotatable bonds is 6. The molecule has 0 unspecified atom stereocenters. The van der Waals surface area contributed by atoms with E-state index in [9.17, 15) is 8.78 Å². The Morgan fingerprint density at radius 3 is 2.39 bits per heavy atom. The summed E-state index contributed by atoms with van der Waals surface area (Å²) in [5, 5.41) is 7.79. The fourth-order valence-corrected chi connectivity index (χ4v) is 4.39. The molecule has 184 valence electrons. The Morgan fingerprint density at radius 1 is 0.972 bits per heavy atom. The first-order chi connectivity index (χ1) is 17.3. The van der Waals surface area contributed by atoms with E-state index in [1.807, 2.05) is 48.3 Å². The smallest absolute Gasteiger partial charge is 0.272 e. The van der Waals surface area contributed by atoms with E-state index in [1.54, 1.807) is 23.1 Å². The van der Waals surface area contributed by atoms with Crippen molar-refractivity contribution in [3.63, 3.8) is 0 Å². The van der Waals surface area contributed by atoms with Gasteiger partial charge in [-0.25, -0.2) is 28.4 Å². The van der Waals surface area contributed by atoms with Gasteiger partial charge in [0.25, 0.3) is 5.92 Å². The van der Waals surface area contributed by atoms with Gasteiger partial charge in [0, 0.05) is 55.4 Å². The van der Waals surface area contributed by atoms with E-state index in [2.05, 4.69) is 35.3 Å². The Labute approximate surface area is 205 Å². The molecule has 0 aliphatic carbocycles. The van der Waals surface area contributed by atoms with Gasteiger partial charge >= 0.3 is 0 Å². The predicted molar refractivity (Wildman–Crippen MR) is 132 cm³/mol. The fraction of sp³-hybridized carbons (Fsp3) is 0.292. The molecule has 2 fully saturated rings. The number of alkyl halides is 2. The summed E-state index contributed by atoms with van der Waals surface area (Å²) < 4.78 is 27.8. The van der Waals surface area contributed by atoms with Gasteiger partial charge in [0.2, 0.25) is 11.9 Å². The van der Waals surface area contributed by atoms with Gasteiger partial charge in [-0.3, -0.25) is 4.90 Å². The highest BCUT2D eigenvalue weighted by Crippen LogP contribution is 2.33. The van der Waals surface area contributed by atoms with E-state index in [0.717, 1.165) is 28.3 Å². The Kier molecular flexibility index (Phi) is 5.25. The molecule has 3 N–H and O–H groups in total. The van der Waals surface area contributed by atoms with Crippen LogP contribution in [0.1, 0.15) is 0 Å². The largest absolute Gasteiger partial charge is 0.368 e. The molecule has 3 aromatic heterocycles. The summed E-state index contributed by atoms with van der Waals surface area (Å²) in [7, 11) is 1.82. The maximum atomic E-state index is 13.1. The minimum Gasteiger partial charge on any atom is -0.368 e. The van der Waals surface area contributed by atoms with Crippen molar-refractivity contribution in [2.75, 3.05) is 42.1 Å². The molecule has 6 rings (SSSR count). The van der Waals surface area contributed by atoms with Crippen molar-refractivity contribution in [2.24, 2.45) is 7.05 Å².